The van der Waals surface area contributed by atoms with Crippen molar-refractivity contribution in [2.24, 2.45) is 17.8 Å². The Labute approximate surface area is 174 Å². The molecule has 0 radical (unpaired) electrons. The molecule has 1 heterocycles. The number of aryl methyl sites for hydroxylation is 4. The first kappa shape index (κ1) is 19.3. The molecule has 0 unspecified atom stereocenters. The van der Waals surface area contributed by atoms with Gasteiger partial charge in [0.15, 0.2) is 0 Å². The number of nitrogens with zero attached hydrogens (tertiary/aromatic N) is 2. The highest BCUT2D eigenvalue weighted by molar-refractivity contribution is 7.90. The predicted octanol–water partition coefficient (Wildman–Crippen LogP) is 5.13. The summed E-state index contributed by atoms with van der Waals surface area (Å²) in [5.74, 6) is 2.46. The van der Waals surface area contributed by atoms with E-state index in [0.29, 0.717) is 4.90 Å². The van der Waals surface area contributed by atoms with Gasteiger partial charge in [0, 0.05) is 5.56 Å². The van der Waals surface area contributed by atoms with Gasteiger partial charge in [0.1, 0.15) is 0 Å². The van der Waals surface area contributed by atoms with Gasteiger partial charge in [0.25, 0.3) is 10.0 Å². The Bertz CT molecular complexity index is 1050. The lowest BCUT2D eigenvalue weighted by atomic mass is 9.48. The van der Waals surface area contributed by atoms with E-state index in [0.717, 1.165) is 45.8 Å². The Balaban J connectivity index is 1.65. The summed E-state index contributed by atoms with van der Waals surface area (Å²) in [6, 6.07) is 3.90. The van der Waals surface area contributed by atoms with Crippen molar-refractivity contribution in [3.63, 3.8) is 0 Å². The summed E-state index contributed by atoms with van der Waals surface area (Å²) in [5, 5.41) is 4.65. The van der Waals surface area contributed by atoms with Crippen LogP contribution in [0.1, 0.15) is 72.2 Å². The molecule has 0 spiro atoms. The molecule has 0 N–H and O–H groups in total. The molecule has 0 saturated heterocycles. The van der Waals surface area contributed by atoms with Crippen LogP contribution in [-0.4, -0.2) is 17.6 Å². The van der Waals surface area contributed by atoms with Crippen LogP contribution >= 0.6 is 0 Å². The monoisotopic (exact) mass is 412 g/mol. The molecule has 0 atom stereocenters. The summed E-state index contributed by atoms with van der Waals surface area (Å²) in [7, 11) is -3.72. The fraction of sp³-hybridized carbons (Fsp3) is 0.625. The Hall–Kier alpha value is -1.62. The summed E-state index contributed by atoms with van der Waals surface area (Å²) in [5.41, 5.74) is 5.81. The van der Waals surface area contributed by atoms with Gasteiger partial charge >= 0.3 is 0 Å². The van der Waals surface area contributed by atoms with E-state index in [1.54, 1.807) is 0 Å². The van der Waals surface area contributed by atoms with E-state index in [1.807, 2.05) is 46.8 Å². The topological polar surface area (TPSA) is 52.0 Å². The molecule has 1 aromatic carbocycles. The molecule has 4 bridgehead atoms. The maximum absolute atomic E-state index is 13.7. The van der Waals surface area contributed by atoms with E-state index < -0.39 is 10.0 Å². The summed E-state index contributed by atoms with van der Waals surface area (Å²) >= 11 is 0. The average molecular weight is 413 g/mol. The minimum absolute atomic E-state index is 0.147. The Morgan fingerprint density at radius 3 is 1.86 bits per heavy atom. The number of rotatable bonds is 3. The minimum Gasteiger partial charge on any atom is -0.199 e. The van der Waals surface area contributed by atoms with E-state index >= 15 is 0 Å². The first-order valence-electron chi connectivity index (χ1n) is 11.0. The third kappa shape index (κ3) is 2.76. The van der Waals surface area contributed by atoms with E-state index in [-0.39, 0.29) is 5.41 Å². The lowest BCUT2D eigenvalue weighted by Gasteiger charge is -2.57. The summed E-state index contributed by atoms with van der Waals surface area (Å²) in [6.07, 6.45) is 7.79. The summed E-state index contributed by atoms with van der Waals surface area (Å²) < 4.78 is 28.7. The van der Waals surface area contributed by atoms with Crippen LogP contribution in [0.4, 0.5) is 0 Å². The standard InChI is InChI=1S/C24H32N2O2S/c1-14-6-15(2)23(16(3)7-14)29(27,28)26-18(5)22(17(4)25-26)24-11-19-8-20(12-24)10-21(9-19)13-24/h6-7,19-21H,8-13H2,1-5H3. The SMILES string of the molecule is Cc1cc(C)c(S(=O)(=O)n2nc(C)c(C34CC5CC(CC(C5)C3)C4)c2C)c(C)c1. The molecule has 2 aromatic rings. The van der Waals surface area contributed by atoms with Gasteiger partial charge in [-0.2, -0.15) is 17.6 Å². The van der Waals surface area contributed by atoms with Gasteiger partial charge < -0.3 is 0 Å². The predicted molar refractivity (Wildman–Crippen MR) is 115 cm³/mol. The van der Waals surface area contributed by atoms with Gasteiger partial charge in [-0.05, 0) is 107 Å². The largest absolute Gasteiger partial charge is 0.283 e. The van der Waals surface area contributed by atoms with Crippen molar-refractivity contribution >= 4 is 10.0 Å². The van der Waals surface area contributed by atoms with Crippen molar-refractivity contribution in [2.75, 3.05) is 0 Å². The zero-order chi connectivity index (χ0) is 20.7. The Morgan fingerprint density at radius 1 is 0.897 bits per heavy atom. The lowest BCUT2D eigenvalue weighted by molar-refractivity contribution is -0.00574. The highest BCUT2D eigenvalue weighted by atomic mass is 32.2. The van der Waals surface area contributed by atoms with Gasteiger partial charge in [0.05, 0.1) is 16.3 Å². The van der Waals surface area contributed by atoms with Crippen molar-refractivity contribution in [3.05, 3.63) is 45.8 Å². The molecule has 4 aliphatic carbocycles. The molecule has 4 aliphatic rings. The molecular weight excluding hydrogens is 380 g/mol. The Kier molecular flexibility index (Phi) is 4.13. The van der Waals surface area contributed by atoms with E-state index in [9.17, 15) is 8.42 Å². The molecule has 1 aromatic heterocycles. The molecule has 0 amide bonds. The third-order valence-corrected chi connectivity index (χ3v) is 9.88. The quantitative estimate of drug-likeness (QED) is 0.702. The van der Waals surface area contributed by atoms with E-state index in [1.165, 1.54) is 48.2 Å². The van der Waals surface area contributed by atoms with Gasteiger partial charge in [-0.25, -0.2) is 0 Å². The van der Waals surface area contributed by atoms with E-state index in [4.69, 9.17) is 0 Å². The Morgan fingerprint density at radius 2 is 1.38 bits per heavy atom. The number of benzene rings is 1. The zero-order valence-electron chi connectivity index (χ0n) is 18.2. The smallest absolute Gasteiger partial charge is 0.199 e. The highest BCUT2D eigenvalue weighted by Gasteiger charge is 2.53. The second-order valence-electron chi connectivity index (χ2n) is 10.3. The normalized spacial score (nSPS) is 30.9. The molecular formula is C24H32N2O2S. The fourth-order valence-electron chi connectivity index (χ4n) is 7.70. The van der Waals surface area contributed by atoms with Crippen LogP contribution in [0.2, 0.25) is 0 Å². The van der Waals surface area contributed by atoms with Crippen LogP contribution in [0, 0.1) is 52.4 Å². The molecule has 0 aliphatic heterocycles. The minimum atomic E-state index is -3.72. The van der Waals surface area contributed by atoms with Crippen LogP contribution in [-0.2, 0) is 15.4 Å². The van der Waals surface area contributed by atoms with Crippen molar-refractivity contribution in [3.8, 4) is 0 Å². The first-order chi connectivity index (χ1) is 13.6. The molecule has 29 heavy (non-hydrogen) atoms. The van der Waals surface area contributed by atoms with Crippen molar-refractivity contribution < 1.29 is 8.42 Å². The van der Waals surface area contributed by atoms with E-state index in [2.05, 4.69) is 5.10 Å². The van der Waals surface area contributed by atoms with Crippen LogP contribution in [0.5, 0.6) is 0 Å². The summed E-state index contributed by atoms with van der Waals surface area (Å²) in [4.78, 5) is 0.408. The maximum atomic E-state index is 13.7. The molecule has 4 fully saturated rings. The van der Waals surface area contributed by atoms with Crippen LogP contribution < -0.4 is 0 Å². The zero-order valence-corrected chi connectivity index (χ0v) is 19.1. The molecule has 156 valence electrons. The fourth-order valence-corrected chi connectivity index (χ4v) is 9.48. The maximum Gasteiger partial charge on any atom is 0.283 e. The van der Waals surface area contributed by atoms with Crippen molar-refractivity contribution in [1.82, 2.24) is 9.19 Å². The number of aromatic nitrogens is 2. The summed E-state index contributed by atoms with van der Waals surface area (Å²) in [6.45, 7) is 9.77. The third-order valence-electron chi connectivity index (χ3n) is 7.91. The van der Waals surface area contributed by atoms with Crippen LogP contribution in [0.15, 0.2) is 17.0 Å². The second-order valence-corrected chi connectivity index (χ2v) is 12.0. The highest BCUT2D eigenvalue weighted by Crippen LogP contribution is 2.61. The van der Waals surface area contributed by atoms with Gasteiger partial charge in [-0.3, -0.25) is 0 Å². The van der Waals surface area contributed by atoms with Gasteiger partial charge in [-0.1, -0.05) is 17.7 Å². The van der Waals surface area contributed by atoms with Crippen molar-refractivity contribution in [2.45, 2.75) is 83.5 Å². The van der Waals surface area contributed by atoms with Crippen molar-refractivity contribution in [1.29, 1.82) is 0 Å². The molecule has 4 nitrogen and oxygen atoms in total. The first-order valence-corrected chi connectivity index (χ1v) is 12.4. The molecule has 6 rings (SSSR count). The number of hydrogen-bond donors (Lipinski definition) is 0. The number of hydrogen-bond acceptors (Lipinski definition) is 3. The van der Waals surface area contributed by atoms with Crippen LogP contribution in [0.25, 0.3) is 0 Å². The molecule has 5 heteroatoms. The van der Waals surface area contributed by atoms with Gasteiger partial charge in [0.2, 0.25) is 0 Å². The van der Waals surface area contributed by atoms with Crippen LogP contribution in [0.3, 0.4) is 0 Å². The second kappa shape index (κ2) is 6.19. The lowest BCUT2D eigenvalue weighted by Crippen LogP contribution is -2.49. The molecule has 4 saturated carbocycles. The van der Waals surface area contributed by atoms with Gasteiger partial charge in [-0.15, -0.1) is 0 Å². The average Bonchev–Trinajstić information content (AvgIpc) is 2.88.